The van der Waals surface area contributed by atoms with Gasteiger partial charge in [-0.25, -0.2) is 14.8 Å². The lowest BCUT2D eigenvalue weighted by Gasteiger charge is -2.04. The summed E-state index contributed by atoms with van der Waals surface area (Å²) in [5.74, 6) is -0.555. The highest BCUT2D eigenvalue weighted by atomic mass is 16.4. The molecule has 1 N–H and O–H groups in total. The summed E-state index contributed by atoms with van der Waals surface area (Å²) in [6, 6.07) is 0. The van der Waals surface area contributed by atoms with E-state index in [1.807, 2.05) is 6.92 Å². The highest BCUT2D eigenvalue weighted by molar-refractivity contribution is 5.92. The van der Waals surface area contributed by atoms with Gasteiger partial charge in [-0.1, -0.05) is 12.7 Å². The van der Waals surface area contributed by atoms with Gasteiger partial charge in [-0.05, 0) is 25.5 Å². The maximum atomic E-state index is 10.9. The zero-order valence-electron chi connectivity index (χ0n) is 8.69. The zero-order chi connectivity index (χ0) is 11.4. The predicted octanol–water partition coefficient (Wildman–Crippen LogP) is 2.24. The summed E-state index contributed by atoms with van der Waals surface area (Å²) in [5.41, 5.74) is 1.07. The van der Waals surface area contributed by atoms with Gasteiger partial charge in [-0.15, -0.1) is 0 Å². The number of hydrogen-bond donors (Lipinski definition) is 1. The van der Waals surface area contributed by atoms with Gasteiger partial charge in [-0.3, -0.25) is 0 Å². The third-order valence-electron chi connectivity index (χ3n) is 1.76. The summed E-state index contributed by atoms with van der Waals surface area (Å²) in [7, 11) is 0. The zero-order valence-corrected chi connectivity index (χ0v) is 8.69. The van der Waals surface area contributed by atoms with E-state index in [0.29, 0.717) is 17.1 Å². The van der Waals surface area contributed by atoms with Gasteiger partial charge in [0.25, 0.3) is 0 Å². The van der Waals surface area contributed by atoms with Crippen molar-refractivity contribution >= 4 is 17.6 Å². The van der Waals surface area contributed by atoms with Crippen LogP contribution >= 0.6 is 0 Å². The molecule has 0 unspecified atom stereocenters. The lowest BCUT2D eigenvalue weighted by atomic mass is 10.1. The van der Waals surface area contributed by atoms with E-state index >= 15 is 0 Å². The largest absolute Gasteiger partial charge is 0.478 e. The molecule has 1 rings (SSSR count). The number of hydrogen-bond acceptors (Lipinski definition) is 3. The van der Waals surface area contributed by atoms with Crippen LogP contribution in [0.4, 0.5) is 0 Å². The average Bonchev–Trinajstić information content (AvgIpc) is 2.17. The molecule has 1 aromatic rings. The minimum Gasteiger partial charge on any atom is -0.478 e. The number of carboxylic acids is 1. The molecule has 0 radical (unpaired) electrons. The molecule has 0 saturated heterocycles. The van der Waals surface area contributed by atoms with E-state index in [1.165, 1.54) is 6.20 Å². The van der Waals surface area contributed by atoms with Gasteiger partial charge in [0.1, 0.15) is 5.56 Å². The molecule has 0 aliphatic heterocycles. The number of aromatic carboxylic acids is 1. The summed E-state index contributed by atoms with van der Waals surface area (Å²) in [5, 5.41) is 8.90. The molecule has 0 atom stereocenters. The average molecular weight is 204 g/mol. The summed E-state index contributed by atoms with van der Waals surface area (Å²) < 4.78 is 0. The summed E-state index contributed by atoms with van der Waals surface area (Å²) in [4.78, 5) is 18.9. The molecule has 0 saturated carbocycles. The summed E-state index contributed by atoms with van der Waals surface area (Å²) in [6.07, 6.45) is 4.80. The molecule has 1 heterocycles. The van der Waals surface area contributed by atoms with E-state index in [4.69, 9.17) is 5.11 Å². The fourth-order valence-electron chi connectivity index (χ4n) is 1.11. The molecular formula is C11H12N2O2. The molecule has 0 aliphatic rings. The first kappa shape index (κ1) is 11.1. The number of nitrogens with zero attached hydrogens (tertiary/aromatic N) is 2. The van der Waals surface area contributed by atoms with Crippen molar-refractivity contribution in [2.75, 3.05) is 0 Å². The van der Waals surface area contributed by atoms with Gasteiger partial charge in [-0.2, -0.15) is 0 Å². The van der Waals surface area contributed by atoms with Crippen molar-refractivity contribution in [3.05, 3.63) is 35.9 Å². The fraction of sp³-hybridized carbons (Fsp3) is 0.182. The van der Waals surface area contributed by atoms with Crippen molar-refractivity contribution in [3.8, 4) is 0 Å². The highest BCUT2D eigenvalue weighted by Gasteiger charge is 2.12. The lowest BCUT2D eigenvalue weighted by molar-refractivity contribution is 0.0695. The van der Waals surface area contributed by atoms with Gasteiger partial charge in [0.05, 0.1) is 5.69 Å². The van der Waals surface area contributed by atoms with E-state index in [9.17, 15) is 4.79 Å². The van der Waals surface area contributed by atoms with Gasteiger partial charge in [0, 0.05) is 6.20 Å². The lowest BCUT2D eigenvalue weighted by Crippen LogP contribution is -2.06. The van der Waals surface area contributed by atoms with Crippen LogP contribution < -0.4 is 0 Å². The van der Waals surface area contributed by atoms with Crippen LogP contribution in [-0.2, 0) is 0 Å². The fourth-order valence-corrected chi connectivity index (χ4v) is 1.11. The van der Waals surface area contributed by atoms with Crippen molar-refractivity contribution in [2.24, 2.45) is 0 Å². The Morgan fingerprint density at radius 3 is 2.73 bits per heavy atom. The van der Waals surface area contributed by atoms with Crippen LogP contribution in [0.1, 0.15) is 35.7 Å². The molecule has 1 aromatic heterocycles. The Bertz CT molecular complexity index is 436. The Labute approximate surface area is 88.0 Å². The SMILES string of the molecule is C=C(C)c1nc(C=CC)ncc1C(=O)O. The second-order valence-corrected chi connectivity index (χ2v) is 3.08. The summed E-state index contributed by atoms with van der Waals surface area (Å²) >= 11 is 0. The Morgan fingerprint density at radius 1 is 1.60 bits per heavy atom. The van der Waals surface area contributed by atoms with Gasteiger partial charge in [0.15, 0.2) is 5.82 Å². The topological polar surface area (TPSA) is 63.1 Å². The molecule has 0 fully saturated rings. The maximum absolute atomic E-state index is 10.9. The Kier molecular flexibility index (Phi) is 3.33. The number of carboxylic acid groups (broad SMARTS) is 1. The van der Waals surface area contributed by atoms with Crippen molar-refractivity contribution in [1.82, 2.24) is 9.97 Å². The smallest absolute Gasteiger partial charge is 0.339 e. The van der Waals surface area contributed by atoms with E-state index < -0.39 is 5.97 Å². The normalized spacial score (nSPS) is 10.5. The molecule has 4 heteroatoms. The standard InChI is InChI=1S/C11H12N2O2/c1-4-5-9-12-6-8(11(14)15)10(13-9)7(2)3/h4-6H,2H2,1,3H3,(H,14,15). The second-order valence-electron chi connectivity index (χ2n) is 3.08. The molecule has 15 heavy (non-hydrogen) atoms. The minimum absolute atomic E-state index is 0.0794. The summed E-state index contributed by atoms with van der Waals surface area (Å²) in [6.45, 7) is 7.25. The predicted molar refractivity (Wildman–Crippen MR) is 58.4 cm³/mol. The quantitative estimate of drug-likeness (QED) is 0.820. The van der Waals surface area contributed by atoms with Crippen molar-refractivity contribution < 1.29 is 9.90 Å². The first-order valence-electron chi connectivity index (χ1n) is 4.45. The first-order valence-corrected chi connectivity index (χ1v) is 4.45. The van der Waals surface area contributed by atoms with E-state index in [0.717, 1.165) is 0 Å². The number of allylic oxidation sites excluding steroid dienone is 2. The van der Waals surface area contributed by atoms with E-state index in [2.05, 4.69) is 16.5 Å². The molecule has 0 aliphatic carbocycles. The monoisotopic (exact) mass is 204 g/mol. The third kappa shape index (κ3) is 2.49. The van der Waals surface area contributed by atoms with Crippen LogP contribution in [0.15, 0.2) is 18.9 Å². The Morgan fingerprint density at radius 2 is 2.27 bits per heavy atom. The van der Waals surface area contributed by atoms with E-state index in [1.54, 1.807) is 19.1 Å². The molecule has 78 valence electrons. The van der Waals surface area contributed by atoms with Gasteiger partial charge < -0.3 is 5.11 Å². The van der Waals surface area contributed by atoms with Gasteiger partial charge in [0.2, 0.25) is 0 Å². The number of aromatic nitrogens is 2. The Balaban J connectivity index is 3.33. The third-order valence-corrected chi connectivity index (χ3v) is 1.76. The van der Waals surface area contributed by atoms with Crippen LogP contribution in [-0.4, -0.2) is 21.0 Å². The van der Waals surface area contributed by atoms with Crippen LogP contribution in [0.2, 0.25) is 0 Å². The molecule has 0 aromatic carbocycles. The van der Waals surface area contributed by atoms with Gasteiger partial charge >= 0.3 is 5.97 Å². The van der Waals surface area contributed by atoms with Crippen molar-refractivity contribution in [2.45, 2.75) is 13.8 Å². The first-order chi connectivity index (χ1) is 7.06. The van der Waals surface area contributed by atoms with Crippen LogP contribution in [0, 0.1) is 0 Å². The molecule has 0 spiro atoms. The van der Waals surface area contributed by atoms with Crippen LogP contribution in [0.25, 0.3) is 11.6 Å². The molecule has 0 amide bonds. The second kappa shape index (κ2) is 4.50. The van der Waals surface area contributed by atoms with E-state index in [-0.39, 0.29) is 5.56 Å². The maximum Gasteiger partial charge on any atom is 0.339 e. The van der Waals surface area contributed by atoms with Crippen molar-refractivity contribution in [3.63, 3.8) is 0 Å². The van der Waals surface area contributed by atoms with Crippen LogP contribution in [0.5, 0.6) is 0 Å². The number of rotatable bonds is 3. The molecular weight excluding hydrogens is 192 g/mol. The van der Waals surface area contributed by atoms with Crippen LogP contribution in [0.3, 0.4) is 0 Å². The number of carbonyl (C=O) groups is 1. The minimum atomic E-state index is -1.04. The highest BCUT2D eigenvalue weighted by Crippen LogP contribution is 2.14. The van der Waals surface area contributed by atoms with Crippen molar-refractivity contribution in [1.29, 1.82) is 0 Å². The Hall–Kier alpha value is -1.97. The molecule has 0 bridgehead atoms. The molecule has 4 nitrogen and oxygen atoms in total.